The molecule has 1 aliphatic rings. The van der Waals surface area contributed by atoms with Crippen LogP contribution in [0.3, 0.4) is 0 Å². The molecule has 0 aromatic carbocycles. The van der Waals surface area contributed by atoms with E-state index in [1.807, 2.05) is 18.2 Å². The molecule has 1 N–H and O–H groups in total. The lowest BCUT2D eigenvalue weighted by atomic mass is 10.00. The van der Waals surface area contributed by atoms with Crippen LogP contribution in [0.15, 0.2) is 30.6 Å². The van der Waals surface area contributed by atoms with Gasteiger partial charge in [-0.2, -0.15) is 10.1 Å². The Hall–Kier alpha value is -2.24. The Morgan fingerprint density at radius 2 is 2.14 bits per heavy atom. The molecule has 0 atom stereocenters. The number of hydrogen-bond donors (Lipinski definition) is 1. The Morgan fingerprint density at radius 3 is 2.90 bits per heavy atom. The summed E-state index contributed by atoms with van der Waals surface area (Å²) in [6, 6.07) is 5.86. The molecule has 3 heterocycles. The normalized spacial score (nSPS) is 16.0. The maximum absolute atomic E-state index is 4.55. The molecular formula is C15H20N6. The standard InChI is InChI=1S/C15H20N6/c1-12-5-8-21(9-6-12)15-19-14(11-18-20-15)17-10-13-4-2-3-7-16-13/h2-4,7,11-12H,5-6,8-10H2,1H3,(H,17,19,20). The van der Waals surface area contributed by atoms with E-state index >= 15 is 0 Å². The van der Waals surface area contributed by atoms with E-state index in [1.54, 1.807) is 12.4 Å². The van der Waals surface area contributed by atoms with Gasteiger partial charge in [-0.1, -0.05) is 13.0 Å². The van der Waals surface area contributed by atoms with E-state index in [0.717, 1.165) is 30.5 Å². The van der Waals surface area contributed by atoms with E-state index in [1.165, 1.54) is 12.8 Å². The smallest absolute Gasteiger partial charge is 0.247 e. The predicted molar refractivity (Wildman–Crippen MR) is 82.0 cm³/mol. The fourth-order valence-electron chi connectivity index (χ4n) is 2.41. The van der Waals surface area contributed by atoms with Crippen molar-refractivity contribution in [1.82, 2.24) is 20.2 Å². The highest BCUT2D eigenvalue weighted by atomic mass is 15.3. The molecule has 2 aromatic heterocycles. The van der Waals surface area contributed by atoms with Gasteiger partial charge in [0.2, 0.25) is 5.95 Å². The molecule has 0 aliphatic carbocycles. The zero-order valence-corrected chi connectivity index (χ0v) is 12.2. The number of pyridine rings is 1. The summed E-state index contributed by atoms with van der Waals surface area (Å²) in [6.07, 6.45) is 5.82. The summed E-state index contributed by atoms with van der Waals surface area (Å²) >= 11 is 0. The zero-order valence-electron chi connectivity index (χ0n) is 12.2. The molecule has 1 aliphatic heterocycles. The van der Waals surface area contributed by atoms with Crippen LogP contribution in [-0.2, 0) is 6.54 Å². The van der Waals surface area contributed by atoms with Crippen LogP contribution in [0.2, 0.25) is 0 Å². The summed E-state index contributed by atoms with van der Waals surface area (Å²) < 4.78 is 0. The molecule has 0 bridgehead atoms. The third kappa shape index (κ3) is 3.65. The first-order chi connectivity index (χ1) is 10.3. The van der Waals surface area contributed by atoms with Gasteiger partial charge in [-0.15, -0.1) is 5.10 Å². The number of nitrogens with one attached hydrogen (secondary N) is 1. The number of nitrogens with zero attached hydrogens (tertiary/aromatic N) is 5. The zero-order chi connectivity index (χ0) is 14.5. The number of anilines is 2. The van der Waals surface area contributed by atoms with Crippen molar-refractivity contribution in [1.29, 1.82) is 0 Å². The lowest BCUT2D eigenvalue weighted by molar-refractivity contribution is 0.433. The van der Waals surface area contributed by atoms with E-state index in [0.29, 0.717) is 12.5 Å². The van der Waals surface area contributed by atoms with Crippen LogP contribution in [0.1, 0.15) is 25.5 Å². The van der Waals surface area contributed by atoms with E-state index in [4.69, 9.17) is 0 Å². The largest absolute Gasteiger partial charge is 0.363 e. The number of rotatable bonds is 4. The SMILES string of the molecule is CC1CCN(c2nncc(NCc3ccccn3)n2)CC1. The van der Waals surface area contributed by atoms with Crippen LogP contribution >= 0.6 is 0 Å². The Kier molecular flexibility index (Phi) is 4.23. The first-order valence-electron chi connectivity index (χ1n) is 7.40. The average molecular weight is 284 g/mol. The summed E-state index contributed by atoms with van der Waals surface area (Å²) in [6.45, 7) is 4.94. The molecule has 21 heavy (non-hydrogen) atoms. The molecule has 0 spiro atoms. The van der Waals surface area contributed by atoms with Gasteiger partial charge in [-0.3, -0.25) is 4.98 Å². The first kappa shape index (κ1) is 13.7. The second kappa shape index (κ2) is 6.47. The second-order valence-electron chi connectivity index (χ2n) is 5.49. The van der Waals surface area contributed by atoms with Crippen LogP contribution in [0.25, 0.3) is 0 Å². The van der Waals surface area contributed by atoms with Gasteiger partial charge in [0.25, 0.3) is 0 Å². The van der Waals surface area contributed by atoms with Crippen molar-refractivity contribution >= 4 is 11.8 Å². The van der Waals surface area contributed by atoms with Gasteiger partial charge in [-0.05, 0) is 30.9 Å². The molecule has 0 amide bonds. The first-order valence-corrected chi connectivity index (χ1v) is 7.40. The summed E-state index contributed by atoms with van der Waals surface area (Å²) in [5.41, 5.74) is 0.976. The van der Waals surface area contributed by atoms with Gasteiger partial charge < -0.3 is 10.2 Å². The van der Waals surface area contributed by atoms with Crippen molar-refractivity contribution in [3.05, 3.63) is 36.3 Å². The lowest BCUT2D eigenvalue weighted by Gasteiger charge is -2.29. The van der Waals surface area contributed by atoms with Crippen LogP contribution in [-0.4, -0.2) is 33.3 Å². The molecule has 0 unspecified atom stereocenters. The summed E-state index contributed by atoms with van der Waals surface area (Å²) in [5.74, 6) is 2.25. The van der Waals surface area contributed by atoms with Gasteiger partial charge in [0.15, 0.2) is 5.82 Å². The van der Waals surface area contributed by atoms with Crippen molar-refractivity contribution in [2.24, 2.45) is 5.92 Å². The maximum atomic E-state index is 4.55. The third-order valence-electron chi connectivity index (χ3n) is 3.79. The van der Waals surface area contributed by atoms with Gasteiger partial charge in [0.1, 0.15) is 0 Å². The Bertz CT molecular complexity index is 565. The van der Waals surface area contributed by atoms with Crippen LogP contribution in [0.4, 0.5) is 11.8 Å². The van der Waals surface area contributed by atoms with E-state index in [9.17, 15) is 0 Å². The third-order valence-corrected chi connectivity index (χ3v) is 3.79. The molecular weight excluding hydrogens is 264 g/mol. The molecule has 110 valence electrons. The molecule has 1 fully saturated rings. The van der Waals surface area contributed by atoms with Gasteiger partial charge in [0, 0.05) is 19.3 Å². The fourth-order valence-corrected chi connectivity index (χ4v) is 2.41. The van der Waals surface area contributed by atoms with E-state index in [2.05, 4.69) is 37.3 Å². The van der Waals surface area contributed by atoms with Crippen LogP contribution < -0.4 is 10.2 Å². The quantitative estimate of drug-likeness (QED) is 0.927. The molecule has 6 nitrogen and oxygen atoms in total. The van der Waals surface area contributed by atoms with Crippen molar-refractivity contribution in [2.75, 3.05) is 23.3 Å². The van der Waals surface area contributed by atoms with Crippen molar-refractivity contribution in [3.8, 4) is 0 Å². The second-order valence-corrected chi connectivity index (χ2v) is 5.49. The molecule has 6 heteroatoms. The van der Waals surface area contributed by atoms with Gasteiger partial charge >= 0.3 is 0 Å². The van der Waals surface area contributed by atoms with E-state index < -0.39 is 0 Å². The highest BCUT2D eigenvalue weighted by molar-refractivity contribution is 5.39. The van der Waals surface area contributed by atoms with Crippen LogP contribution in [0, 0.1) is 5.92 Å². The molecule has 2 aromatic rings. The number of aromatic nitrogens is 4. The number of piperidine rings is 1. The van der Waals surface area contributed by atoms with Crippen LogP contribution in [0.5, 0.6) is 0 Å². The van der Waals surface area contributed by atoms with Gasteiger partial charge in [-0.25, -0.2) is 0 Å². The maximum Gasteiger partial charge on any atom is 0.247 e. The highest BCUT2D eigenvalue weighted by Crippen LogP contribution is 2.20. The van der Waals surface area contributed by atoms with E-state index in [-0.39, 0.29) is 0 Å². The monoisotopic (exact) mass is 284 g/mol. The number of hydrogen-bond acceptors (Lipinski definition) is 6. The lowest BCUT2D eigenvalue weighted by Crippen LogP contribution is -2.34. The molecule has 3 rings (SSSR count). The Labute approximate surface area is 124 Å². The van der Waals surface area contributed by atoms with Crippen molar-refractivity contribution in [3.63, 3.8) is 0 Å². The Morgan fingerprint density at radius 1 is 1.29 bits per heavy atom. The minimum Gasteiger partial charge on any atom is -0.363 e. The fraction of sp³-hybridized carbons (Fsp3) is 0.467. The molecule has 1 saturated heterocycles. The Balaban J connectivity index is 1.63. The van der Waals surface area contributed by atoms with Gasteiger partial charge in [0.05, 0.1) is 18.4 Å². The topological polar surface area (TPSA) is 66.8 Å². The van der Waals surface area contributed by atoms with Crippen molar-refractivity contribution in [2.45, 2.75) is 26.3 Å². The minimum absolute atomic E-state index is 0.635. The summed E-state index contributed by atoms with van der Waals surface area (Å²) in [5, 5.41) is 11.5. The average Bonchev–Trinajstić information content (AvgIpc) is 2.55. The summed E-state index contributed by atoms with van der Waals surface area (Å²) in [4.78, 5) is 11.0. The predicted octanol–water partition coefficient (Wildman–Crippen LogP) is 2.11. The highest BCUT2D eigenvalue weighted by Gasteiger charge is 2.18. The molecule has 0 radical (unpaired) electrons. The summed E-state index contributed by atoms with van der Waals surface area (Å²) in [7, 11) is 0. The molecule has 0 saturated carbocycles. The van der Waals surface area contributed by atoms with Crippen molar-refractivity contribution < 1.29 is 0 Å². The minimum atomic E-state index is 0.635.